The molecule has 3 aliphatic rings. The van der Waals surface area contributed by atoms with Gasteiger partial charge >= 0.3 is 6.29 Å². The van der Waals surface area contributed by atoms with E-state index in [-0.39, 0.29) is 40.8 Å². The topological polar surface area (TPSA) is 84.9 Å². The van der Waals surface area contributed by atoms with Crippen molar-refractivity contribution in [2.45, 2.75) is 32.0 Å². The van der Waals surface area contributed by atoms with Gasteiger partial charge in [-0.2, -0.15) is 0 Å². The molecule has 0 radical (unpaired) electrons. The van der Waals surface area contributed by atoms with E-state index in [1.54, 1.807) is 0 Å². The van der Waals surface area contributed by atoms with Crippen LogP contribution in [0.2, 0.25) is 0 Å². The van der Waals surface area contributed by atoms with Crippen LogP contribution in [0.5, 0.6) is 11.5 Å². The van der Waals surface area contributed by atoms with Gasteiger partial charge in [-0.05, 0) is 25.0 Å². The molecule has 1 aliphatic carbocycles. The fourth-order valence-electron chi connectivity index (χ4n) is 3.76. The van der Waals surface area contributed by atoms with Gasteiger partial charge in [0.05, 0.1) is 11.8 Å². The maximum Gasteiger partial charge on any atom is 0.586 e. The highest BCUT2D eigenvalue weighted by Crippen LogP contribution is 2.42. The Morgan fingerprint density at radius 2 is 1.73 bits per heavy atom. The Bertz CT molecular complexity index is 773. The molecule has 26 heavy (non-hydrogen) atoms. The van der Waals surface area contributed by atoms with Crippen molar-refractivity contribution in [2.75, 3.05) is 11.9 Å². The Morgan fingerprint density at radius 3 is 2.38 bits per heavy atom. The normalized spacial score (nSPS) is 26.0. The average molecular weight is 366 g/mol. The molecule has 3 amide bonds. The highest BCUT2D eigenvalue weighted by molar-refractivity contribution is 6.08. The fourth-order valence-corrected chi connectivity index (χ4v) is 3.76. The highest BCUT2D eigenvalue weighted by Gasteiger charge is 2.48. The number of alkyl halides is 2. The summed E-state index contributed by atoms with van der Waals surface area (Å²) in [5.41, 5.74) is 0.201. The molecule has 4 rings (SSSR count). The number of ether oxygens (including phenoxy) is 2. The second kappa shape index (κ2) is 5.93. The van der Waals surface area contributed by atoms with E-state index in [1.807, 2.05) is 0 Å². The van der Waals surface area contributed by atoms with Gasteiger partial charge in [0.15, 0.2) is 11.5 Å². The zero-order valence-corrected chi connectivity index (χ0v) is 13.7. The minimum atomic E-state index is -3.74. The van der Waals surface area contributed by atoms with Gasteiger partial charge in [-0.3, -0.25) is 19.3 Å². The van der Waals surface area contributed by atoms with E-state index in [9.17, 15) is 23.2 Å². The third-order valence-corrected chi connectivity index (χ3v) is 4.92. The van der Waals surface area contributed by atoms with Crippen LogP contribution in [0.3, 0.4) is 0 Å². The van der Waals surface area contributed by atoms with Gasteiger partial charge in [0.1, 0.15) is 6.54 Å². The van der Waals surface area contributed by atoms with Crippen LogP contribution in [-0.2, 0) is 14.4 Å². The lowest BCUT2D eigenvalue weighted by Gasteiger charge is -2.19. The number of benzene rings is 1. The van der Waals surface area contributed by atoms with Gasteiger partial charge in [-0.1, -0.05) is 12.8 Å². The number of imide groups is 1. The molecule has 7 nitrogen and oxygen atoms in total. The summed E-state index contributed by atoms with van der Waals surface area (Å²) in [4.78, 5) is 37.9. The van der Waals surface area contributed by atoms with Crippen molar-refractivity contribution in [3.05, 3.63) is 18.2 Å². The van der Waals surface area contributed by atoms with Gasteiger partial charge in [0.2, 0.25) is 17.7 Å². The van der Waals surface area contributed by atoms with Crippen LogP contribution < -0.4 is 14.8 Å². The number of amides is 3. The zero-order chi connectivity index (χ0) is 18.5. The van der Waals surface area contributed by atoms with E-state index >= 15 is 0 Å². The van der Waals surface area contributed by atoms with Gasteiger partial charge in [-0.25, -0.2) is 0 Å². The summed E-state index contributed by atoms with van der Waals surface area (Å²) < 4.78 is 34.6. The first-order chi connectivity index (χ1) is 12.3. The third kappa shape index (κ3) is 2.87. The average Bonchev–Trinajstić information content (AvgIpc) is 3.02. The van der Waals surface area contributed by atoms with Crippen LogP contribution >= 0.6 is 0 Å². The Kier molecular flexibility index (Phi) is 3.82. The lowest BCUT2D eigenvalue weighted by molar-refractivity contribution is -0.286. The van der Waals surface area contributed by atoms with Crippen molar-refractivity contribution in [1.82, 2.24) is 4.90 Å². The quantitative estimate of drug-likeness (QED) is 0.829. The van der Waals surface area contributed by atoms with E-state index in [1.165, 1.54) is 18.2 Å². The monoisotopic (exact) mass is 366 g/mol. The van der Waals surface area contributed by atoms with E-state index in [2.05, 4.69) is 14.8 Å². The molecular formula is C17H16F2N2O5. The molecule has 0 spiro atoms. The number of likely N-dealkylation sites (tertiary alicyclic amines) is 1. The van der Waals surface area contributed by atoms with Gasteiger partial charge < -0.3 is 14.8 Å². The largest absolute Gasteiger partial charge is 0.586 e. The Hall–Kier alpha value is -2.71. The molecule has 1 N–H and O–H groups in total. The van der Waals surface area contributed by atoms with Crippen LogP contribution in [-0.4, -0.2) is 35.5 Å². The van der Waals surface area contributed by atoms with Crippen molar-refractivity contribution in [1.29, 1.82) is 0 Å². The van der Waals surface area contributed by atoms with Crippen LogP contribution in [0, 0.1) is 11.8 Å². The second-order valence-electron chi connectivity index (χ2n) is 6.64. The van der Waals surface area contributed by atoms with Crippen molar-refractivity contribution >= 4 is 23.4 Å². The highest BCUT2D eigenvalue weighted by atomic mass is 19.3. The predicted molar refractivity (Wildman–Crippen MR) is 83.4 cm³/mol. The van der Waals surface area contributed by atoms with Crippen molar-refractivity contribution in [3.63, 3.8) is 0 Å². The first kappa shape index (κ1) is 16.7. The summed E-state index contributed by atoms with van der Waals surface area (Å²) >= 11 is 0. The van der Waals surface area contributed by atoms with Crippen molar-refractivity contribution in [2.24, 2.45) is 11.8 Å². The molecule has 0 unspecified atom stereocenters. The maximum absolute atomic E-state index is 13.0. The number of rotatable bonds is 3. The van der Waals surface area contributed by atoms with Crippen molar-refractivity contribution < 1.29 is 32.6 Å². The summed E-state index contributed by atoms with van der Waals surface area (Å²) in [7, 11) is 0. The standard InChI is InChI=1S/C17H16F2N2O5/c18-17(19)25-12-6-5-9(7-13(12)26-17)20-14(22)8-21-15(23)10-3-1-2-4-11(10)16(21)24/h5-7,10-11H,1-4,8H2,(H,20,22)/t10-,11-/m0/s1. The van der Waals surface area contributed by atoms with E-state index in [0.717, 1.165) is 17.7 Å². The molecule has 9 heteroatoms. The van der Waals surface area contributed by atoms with Crippen molar-refractivity contribution in [3.8, 4) is 11.5 Å². The summed E-state index contributed by atoms with van der Waals surface area (Å²) in [6.07, 6.45) is -0.590. The number of carbonyl (C=O) groups is 3. The van der Waals surface area contributed by atoms with Gasteiger partial charge in [0.25, 0.3) is 0 Å². The second-order valence-corrected chi connectivity index (χ2v) is 6.64. The molecule has 0 aromatic heterocycles. The Morgan fingerprint density at radius 1 is 1.12 bits per heavy atom. The lowest BCUT2D eigenvalue weighted by Crippen LogP contribution is -2.38. The third-order valence-electron chi connectivity index (χ3n) is 4.92. The smallest absolute Gasteiger partial charge is 0.395 e. The van der Waals surface area contributed by atoms with E-state index in [4.69, 9.17) is 0 Å². The Balaban J connectivity index is 1.42. The number of halogens is 2. The van der Waals surface area contributed by atoms with Crippen LogP contribution in [0.1, 0.15) is 25.7 Å². The molecule has 1 saturated carbocycles. The van der Waals surface area contributed by atoms with Crippen LogP contribution in [0.15, 0.2) is 18.2 Å². The van der Waals surface area contributed by atoms with Gasteiger partial charge in [0, 0.05) is 11.8 Å². The number of hydrogen-bond donors (Lipinski definition) is 1. The minimum absolute atomic E-state index is 0.137. The van der Waals surface area contributed by atoms with E-state index in [0.29, 0.717) is 12.8 Å². The van der Waals surface area contributed by atoms with Crippen LogP contribution in [0.25, 0.3) is 0 Å². The summed E-state index contributed by atoms with van der Waals surface area (Å²) in [5, 5.41) is 2.48. The summed E-state index contributed by atoms with van der Waals surface area (Å²) in [5.74, 6) is -2.18. The number of fused-ring (bicyclic) bond motifs is 2. The summed E-state index contributed by atoms with van der Waals surface area (Å²) in [6, 6.07) is 3.81. The first-order valence-corrected chi connectivity index (χ1v) is 8.39. The Labute approximate surface area is 147 Å². The predicted octanol–water partition coefficient (Wildman–Crippen LogP) is 2.12. The molecule has 2 aliphatic heterocycles. The molecular weight excluding hydrogens is 350 g/mol. The number of carbonyl (C=O) groups excluding carboxylic acids is 3. The molecule has 0 bridgehead atoms. The maximum atomic E-state index is 13.0. The lowest BCUT2D eigenvalue weighted by atomic mass is 9.81. The molecule has 2 atom stereocenters. The molecule has 1 saturated heterocycles. The number of anilines is 1. The molecule has 138 valence electrons. The number of nitrogens with one attached hydrogen (secondary N) is 1. The van der Waals surface area contributed by atoms with Crippen LogP contribution in [0.4, 0.5) is 14.5 Å². The van der Waals surface area contributed by atoms with E-state index < -0.39 is 18.7 Å². The minimum Gasteiger partial charge on any atom is -0.395 e. The molecule has 1 aromatic carbocycles. The number of hydrogen-bond acceptors (Lipinski definition) is 5. The SMILES string of the molecule is O=C(CN1C(=O)[C@H]2CCCC[C@@H]2C1=O)Nc1ccc2c(c1)OC(F)(F)O2. The molecule has 1 aromatic rings. The van der Waals surface area contributed by atoms with Gasteiger partial charge in [-0.15, -0.1) is 8.78 Å². The fraction of sp³-hybridized carbons (Fsp3) is 0.471. The zero-order valence-electron chi connectivity index (χ0n) is 13.7. The molecule has 2 fully saturated rings. The molecule has 2 heterocycles. The number of nitrogens with zero attached hydrogens (tertiary/aromatic N) is 1. The summed E-state index contributed by atoms with van der Waals surface area (Å²) in [6.45, 7) is -0.394. The first-order valence-electron chi connectivity index (χ1n) is 8.39.